The van der Waals surface area contributed by atoms with Crippen LogP contribution in [0.25, 0.3) is 0 Å². The van der Waals surface area contributed by atoms with Crippen molar-refractivity contribution in [3.63, 3.8) is 0 Å². The summed E-state index contributed by atoms with van der Waals surface area (Å²) in [5, 5.41) is 2.73. The molecular formula is C18H16N2O3. The lowest BCUT2D eigenvalue weighted by atomic mass is 10.1. The highest BCUT2D eigenvalue weighted by molar-refractivity contribution is 6.01. The fraction of sp³-hybridized carbons (Fsp3) is 0.111. The van der Waals surface area contributed by atoms with Gasteiger partial charge in [0.25, 0.3) is 5.91 Å². The molecular weight excluding hydrogens is 292 g/mol. The summed E-state index contributed by atoms with van der Waals surface area (Å²) in [4.78, 5) is 27.1. The molecule has 0 aliphatic rings. The van der Waals surface area contributed by atoms with Crippen molar-refractivity contribution in [3.8, 4) is 0 Å². The molecule has 0 unspecified atom stereocenters. The minimum absolute atomic E-state index is 0.0301. The third-order valence-corrected chi connectivity index (χ3v) is 3.46. The Balaban J connectivity index is 1.60. The van der Waals surface area contributed by atoms with Gasteiger partial charge >= 0.3 is 0 Å². The first-order chi connectivity index (χ1) is 11.2. The van der Waals surface area contributed by atoms with E-state index in [1.165, 1.54) is 0 Å². The van der Waals surface area contributed by atoms with E-state index in [4.69, 9.17) is 4.42 Å². The van der Waals surface area contributed by atoms with Crippen molar-refractivity contribution in [1.29, 1.82) is 0 Å². The molecule has 0 fully saturated rings. The Labute approximate surface area is 133 Å². The van der Waals surface area contributed by atoms with Gasteiger partial charge in [-0.25, -0.2) is 0 Å². The van der Waals surface area contributed by atoms with E-state index in [1.807, 2.05) is 30.3 Å². The number of ketones is 1. The molecule has 0 saturated carbocycles. The van der Waals surface area contributed by atoms with Crippen molar-refractivity contribution in [2.75, 3.05) is 0 Å². The number of H-pyrrole nitrogens is 1. The van der Waals surface area contributed by atoms with Gasteiger partial charge in [-0.3, -0.25) is 9.59 Å². The maximum Gasteiger partial charge on any atom is 0.268 e. The average molecular weight is 308 g/mol. The van der Waals surface area contributed by atoms with Crippen LogP contribution in [0.2, 0.25) is 0 Å². The van der Waals surface area contributed by atoms with Gasteiger partial charge in [0, 0.05) is 18.2 Å². The lowest BCUT2D eigenvalue weighted by Crippen LogP contribution is -2.22. The minimum Gasteiger partial charge on any atom is -0.467 e. The van der Waals surface area contributed by atoms with Gasteiger partial charge in [0.2, 0.25) is 0 Å². The third-order valence-electron chi connectivity index (χ3n) is 3.46. The highest BCUT2D eigenvalue weighted by Gasteiger charge is 2.13. The van der Waals surface area contributed by atoms with E-state index in [2.05, 4.69) is 10.3 Å². The molecule has 5 nitrogen and oxygen atoms in total. The number of aromatic amines is 1. The topological polar surface area (TPSA) is 75.1 Å². The maximum atomic E-state index is 12.2. The predicted molar refractivity (Wildman–Crippen MR) is 85.1 cm³/mol. The first kappa shape index (κ1) is 14.8. The Hall–Kier alpha value is -3.08. The predicted octanol–water partition coefficient (Wildman–Crippen LogP) is 2.96. The Morgan fingerprint density at radius 2 is 1.91 bits per heavy atom. The van der Waals surface area contributed by atoms with Gasteiger partial charge in [-0.2, -0.15) is 0 Å². The van der Waals surface area contributed by atoms with Crippen molar-refractivity contribution in [2.24, 2.45) is 0 Å². The molecule has 1 amide bonds. The zero-order valence-electron chi connectivity index (χ0n) is 12.4. The molecule has 0 saturated heterocycles. The van der Waals surface area contributed by atoms with Crippen molar-refractivity contribution < 1.29 is 14.0 Å². The first-order valence-corrected chi connectivity index (χ1v) is 7.28. The summed E-state index contributed by atoms with van der Waals surface area (Å²) in [7, 11) is 0. The number of carbonyl (C=O) groups excluding carboxylic acids is 2. The summed E-state index contributed by atoms with van der Waals surface area (Å²) >= 11 is 0. The van der Waals surface area contributed by atoms with Crippen LogP contribution in [0, 0.1) is 0 Å². The van der Waals surface area contributed by atoms with Gasteiger partial charge in [-0.15, -0.1) is 0 Å². The molecule has 2 aromatic heterocycles. The van der Waals surface area contributed by atoms with E-state index in [-0.39, 0.29) is 11.7 Å². The van der Waals surface area contributed by atoms with E-state index in [9.17, 15) is 9.59 Å². The number of nitrogens with one attached hydrogen (secondary N) is 2. The van der Waals surface area contributed by atoms with E-state index < -0.39 is 0 Å². The number of hydrogen-bond donors (Lipinski definition) is 2. The Kier molecular flexibility index (Phi) is 4.38. The molecule has 116 valence electrons. The molecule has 0 spiro atoms. The van der Waals surface area contributed by atoms with Gasteiger partial charge < -0.3 is 14.7 Å². The smallest absolute Gasteiger partial charge is 0.268 e. The van der Waals surface area contributed by atoms with Gasteiger partial charge in [0.15, 0.2) is 5.78 Å². The zero-order chi connectivity index (χ0) is 16.1. The quantitative estimate of drug-likeness (QED) is 0.687. The highest BCUT2D eigenvalue weighted by Crippen LogP contribution is 2.10. The van der Waals surface area contributed by atoms with Crippen LogP contribution in [0.15, 0.2) is 65.4 Å². The highest BCUT2D eigenvalue weighted by atomic mass is 16.3. The molecule has 3 aromatic rings. The van der Waals surface area contributed by atoms with Crippen LogP contribution < -0.4 is 5.32 Å². The molecule has 0 bridgehead atoms. The van der Waals surface area contributed by atoms with Crippen LogP contribution in [-0.2, 0) is 13.0 Å². The number of amides is 1. The molecule has 2 N–H and O–H groups in total. The lowest BCUT2D eigenvalue weighted by molar-refractivity contribution is 0.0943. The van der Waals surface area contributed by atoms with Crippen LogP contribution in [-0.4, -0.2) is 16.7 Å². The molecule has 3 rings (SSSR count). The van der Waals surface area contributed by atoms with Crippen molar-refractivity contribution in [2.45, 2.75) is 13.0 Å². The largest absolute Gasteiger partial charge is 0.467 e. The van der Waals surface area contributed by atoms with Crippen molar-refractivity contribution in [3.05, 3.63) is 83.6 Å². The van der Waals surface area contributed by atoms with Crippen molar-refractivity contribution >= 4 is 11.7 Å². The van der Waals surface area contributed by atoms with E-state index in [0.29, 0.717) is 30.0 Å². The second kappa shape index (κ2) is 6.79. The molecule has 5 heteroatoms. The zero-order valence-corrected chi connectivity index (χ0v) is 12.4. The van der Waals surface area contributed by atoms with E-state index >= 15 is 0 Å². The normalized spacial score (nSPS) is 10.4. The van der Waals surface area contributed by atoms with E-state index in [0.717, 1.165) is 5.56 Å². The monoisotopic (exact) mass is 308 g/mol. The lowest BCUT2D eigenvalue weighted by Gasteiger charge is -2.00. The summed E-state index contributed by atoms with van der Waals surface area (Å²) in [6.07, 6.45) is 3.43. The number of Topliss-reactive ketones (excluding diaryl/α,β-unsaturated/α-hetero) is 1. The summed E-state index contributed by atoms with van der Waals surface area (Å²) in [5.74, 6) is 0.364. The van der Waals surface area contributed by atoms with Crippen LogP contribution >= 0.6 is 0 Å². The second-order valence-electron chi connectivity index (χ2n) is 5.15. The van der Waals surface area contributed by atoms with Crippen LogP contribution in [0.1, 0.15) is 32.2 Å². The number of benzene rings is 1. The molecule has 0 atom stereocenters. The Morgan fingerprint density at radius 1 is 1.09 bits per heavy atom. The summed E-state index contributed by atoms with van der Waals surface area (Å²) in [5.41, 5.74) is 1.80. The molecule has 2 heterocycles. The number of rotatable bonds is 6. The summed E-state index contributed by atoms with van der Waals surface area (Å²) in [6.45, 7) is 0.304. The Bertz CT molecular complexity index is 789. The van der Waals surface area contributed by atoms with Crippen LogP contribution in [0.4, 0.5) is 0 Å². The SMILES string of the molecule is O=C(Cc1ccccc1)c1c[nH]c(C(=O)NCc2ccco2)c1. The van der Waals surface area contributed by atoms with Gasteiger partial charge in [-0.05, 0) is 23.8 Å². The average Bonchev–Trinajstić information content (AvgIpc) is 3.25. The summed E-state index contributed by atoms with van der Waals surface area (Å²) in [6, 6.07) is 14.6. The van der Waals surface area contributed by atoms with Gasteiger partial charge in [-0.1, -0.05) is 30.3 Å². The van der Waals surface area contributed by atoms with Gasteiger partial charge in [0.05, 0.1) is 12.8 Å². The number of hydrogen-bond acceptors (Lipinski definition) is 3. The summed E-state index contributed by atoms with van der Waals surface area (Å²) < 4.78 is 5.15. The van der Waals surface area contributed by atoms with Crippen LogP contribution in [0.5, 0.6) is 0 Å². The van der Waals surface area contributed by atoms with Crippen molar-refractivity contribution in [1.82, 2.24) is 10.3 Å². The molecule has 0 aliphatic carbocycles. The van der Waals surface area contributed by atoms with E-state index in [1.54, 1.807) is 30.7 Å². The standard InChI is InChI=1S/C18H16N2O3/c21-17(9-13-5-2-1-3-6-13)14-10-16(19-11-14)18(22)20-12-15-7-4-8-23-15/h1-8,10-11,19H,9,12H2,(H,20,22). The molecule has 0 radical (unpaired) electrons. The van der Waals surface area contributed by atoms with Gasteiger partial charge in [0.1, 0.15) is 11.5 Å². The fourth-order valence-electron chi connectivity index (χ4n) is 2.25. The maximum absolute atomic E-state index is 12.2. The number of furan rings is 1. The molecule has 23 heavy (non-hydrogen) atoms. The Morgan fingerprint density at radius 3 is 2.65 bits per heavy atom. The molecule has 0 aliphatic heterocycles. The molecule has 1 aromatic carbocycles. The second-order valence-corrected chi connectivity index (χ2v) is 5.15. The number of aromatic nitrogens is 1. The number of carbonyl (C=O) groups is 2. The third kappa shape index (κ3) is 3.77. The first-order valence-electron chi connectivity index (χ1n) is 7.28. The minimum atomic E-state index is -0.278. The van der Waals surface area contributed by atoms with Crippen LogP contribution in [0.3, 0.4) is 0 Å². The fourth-order valence-corrected chi connectivity index (χ4v) is 2.25.